The van der Waals surface area contributed by atoms with Crippen molar-refractivity contribution < 1.29 is 14.4 Å². The van der Waals surface area contributed by atoms with E-state index in [0.717, 1.165) is 12.8 Å². The molecule has 2 aromatic rings. The van der Waals surface area contributed by atoms with Crippen LogP contribution in [-0.2, 0) is 4.79 Å². The Kier molecular flexibility index (Phi) is 3.98. The van der Waals surface area contributed by atoms with Crippen LogP contribution < -0.4 is 16.3 Å². The number of hydrazine groups is 1. The Labute approximate surface area is 154 Å². The topological polar surface area (TPSA) is 111 Å². The average molecular weight is 368 g/mol. The van der Waals surface area contributed by atoms with Crippen molar-refractivity contribution in [3.05, 3.63) is 46.2 Å². The molecule has 4 amide bonds. The lowest BCUT2D eigenvalue weighted by Crippen LogP contribution is -2.52. The molecule has 27 heavy (non-hydrogen) atoms. The second-order valence-corrected chi connectivity index (χ2v) is 7.38. The molecular weight excluding hydrogens is 348 g/mol. The first-order valence-corrected chi connectivity index (χ1v) is 8.99. The van der Waals surface area contributed by atoms with E-state index in [2.05, 4.69) is 22.7 Å². The SMILES string of the molecule is CC1CCC2(CC1)NC(=O)N(NC(=O)c1cc3ccccc3[nH]c1=O)C2=O. The van der Waals surface area contributed by atoms with E-state index in [1.165, 1.54) is 6.07 Å². The maximum atomic E-state index is 12.8. The van der Waals surface area contributed by atoms with Crippen molar-refractivity contribution in [1.82, 2.24) is 20.7 Å². The van der Waals surface area contributed by atoms with E-state index in [0.29, 0.717) is 34.7 Å². The molecule has 0 bridgehead atoms. The molecule has 1 saturated heterocycles. The molecule has 4 rings (SSSR count). The number of nitrogens with zero attached hydrogens (tertiary/aromatic N) is 1. The third-order valence-corrected chi connectivity index (χ3v) is 5.50. The minimum Gasteiger partial charge on any atom is -0.322 e. The van der Waals surface area contributed by atoms with E-state index in [9.17, 15) is 19.2 Å². The minimum absolute atomic E-state index is 0.160. The zero-order chi connectivity index (χ0) is 19.2. The highest BCUT2D eigenvalue weighted by Crippen LogP contribution is 2.35. The second kappa shape index (κ2) is 6.22. The Bertz CT molecular complexity index is 1000. The van der Waals surface area contributed by atoms with Crippen LogP contribution in [0.2, 0.25) is 0 Å². The molecule has 1 aliphatic heterocycles. The van der Waals surface area contributed by atoms with Gasteiger partial charge in [0.25, 0.3) is 17.4 Å². The number of para-hydroxylation sites is 1. The van der Waals surface area contributed by atoms with Crippen LogP contribution in [0.15, 0.2) is 35.1 Å². The first kappa shape index (κ1) is 17.3. The second-order valence-electron chi connectivity index (χ2n) is 7.38. The molecule has 1 saturated carbocycles. The summed E-state index contributed by atoms with van der Waals surface area (Å²) in [5, 5.41) is 4.11. The lowest BCUT2D eigenvalue weighted by molar-refractivity contribution is -0.134. The molecule has 8 heteroatoms. The molecule has 0 atom stereocenters. The maximum Gasteiger partial charge on any atom is 0.344 e. The minimum atomic E-state index is -0.952. The standard InChI is InChI=1S/C19H20N4O4/c1-11-6-8-19(9-7-11)17(26)23(18(27)21-19)22-16(25)13-10-12-4-2-3-5-14(12)20-15(13)24/h2-5,10-11H,6-9H2,1H3,(H,20,24)(H,21,27)(H,22,25). The smallest absolute Gasteiger partial charge is 0.322 e. The van der Waals surface area contributed by atoms with Crippen LogP contribution in [0.25, 0.3) is 10.9 Å². The van der Waals surface area contributed by atoms with E-state index in [4.69, 9.17) is 0 Å². The Morgan fingerprint density at radius 3 is 2.63 bits per heavy atom. The number of urea groups is 1. The monoisotopic (exact) mass is 368 g/mol. The number of carbonyl (C=O) groups excluding carboxylic acids is 3. The van der Waals surface area contributed by atoms with Gasteiger partial charge < -0.3 is 10.3 Å². The Balaban J connectivity index is 1.58. The molecule has 140 valence electrons. The zero-order valence-corrected chi connectivity index (χ0v) is 14.9. The number of hydrogen-bond donors (Lipinski definition) is 3. The van der Waals surface area contributed by atoms with Gasteiger partial charge in [-0.1, -0.05) is 25.1 Å². The van der Waals surface area contributed by atoms with Crippen LogP contribution in [0.3, 0.4) is 0 Å². The molecule has 0 radical (unpaired) electrons. The highest BCUT2D eigenvalue weighted by atomic mass is 16.2. The summed E-state index contributed by atoms with van der Waals surface area (Å²) < 4.78 is 0. The lowest BCUT2D eigenvalue weighted by atomic mass is 9.77. The van der Waals surface area contributed by atoms with Gasteiger partial charge in [0.15, 0.2) is 0 Å². The summed E-state index contributed by atoms with van der Waals surface area (Å²) in [4.78, 5) is 52.5. The summed E-state index contributed by atoms with van der Waals surface area (Å²) >= 11 is 0. The van der Waals surface area contributed by atoms with Gasteiger partial charge in [0.1, 0.15) is 11.1 Å². The highest BCUT2D eigenvalue weighted by molar-refractivity contribution is 6.09. The lowest BCUT2D eigenvalue weighted by Gasteiger charge is -2.33. The first-order valence-electron chi connectivity index (χ1n) is 8.99. The number of fused-ring (bicyclic) bond motifs is 1. The highest BCUT2D eigenvalue weighted by Gasteiger charge is 2.53. The van der Waals surface area contributed by atoms with Crippen molar-refractivity contribution in [3.8, 4) is 0 Å². The Hall–Kier alpha value is -3.16. The van der Waals surface area contributed by atoms with Crippen molar-refractivity contribution in [2.45, 2.75) is 38.1 Å². The van der Waals surface area contributed by atoms with Crippen molar-refractivity contribution in [1.29, 1.82) is 0 Å². The molecule has 2 heterocycles. The number of aromatic amines is 1. The number of benzene rings is 1. The summed E-state index contributed by atoms with van der Waals surface area (Å²) in [6.45, 7) is 2.11. The summed E-state index contributed by atoms with van der Waals surface area (Å²) in [6, 6.07) is 7.82. The number of nitrogens with one attached hydrogen (secondary N) is 3. The van der Waals surface area contributed by atoms with E-state index in [1.807, 2.05) is 0 Å². The molecule has 1 spiro atoms. The molecular formula is C19H20N4O4. The molecule has 8 nitrogen and oxygen atoms in total. The summed E-state index contributed by atoms with van der Waals surface area (Å²) in [5.74, 6) is -0.767. The fraction of sp³-hybridized carbons (Fsp3) is 0.368. The number of amides is 4. The molecule has 0 unspecified atom stereocenters. The van der Waals surface area contributed by atoms with Gasteiger partial charge in [-0.15, -0.1) is 0 Å². The molecule has 2 aliphatic rings. The summed E-state index contributed by atoms with van der Waals surface area (Å²) in [6.07, 6.45) is 2.75. The largest absolute Gasteiger partial charge is 0.344 e. The zero-order valence-electron chi connectivity index (χ0n) is 14.9. The van der Waals surface area contributed by atoms with Gasteiger partial charge in [0.2, 0.25) is 0 Å². The number of hydrogen-bond acceptors (Lipinski definition) is 4. The van der Waals surface area contributed by atoms with Crippen LogP contribution >= 0.6 is 0 Å². The van der Waals surface area contributed by atoms with Gasteiger partial charge in [-0.3, -0.25) is 19.8 Å². The van der Waals surface area contributed by atoms with Crippen LogP contribution in [0.4, 0.5) is 4.79 Å². The average Bonchev–Trinajstić information content (AvgIpc) is 2.88. The van der Waals surface area contributed by atoms with E-state index < -0.39 is 28.9 Å². The number of imide groups is 1. The van der Waals surface area contributed by atoms with Crippen LogP contribution in [0.1, 0.15) is 43.0 Å². The van der Waals surface area contributed by atoms with Crippen molar-refractivity contribution in [3.63, 3.8) is 0 Å². The summed E-state index contributed by atoms with van der Waals surface area (Å²) in [7, 11) is 0. The van der Waals surface area contributed by atoms with Crippen molar-refractivity contribution in [2.75, 3.05) is 0 Å². The first-order chi connectivity index (χ1) is 12.9. The fourth-order valence-corrected chi connectivity index (χ4v) is 3.79. The molecule has 3 N–H and O–H groups in total. The number of H-pyrrole nitrogens is 1. The van der Waals surface area contributed by atoms with Crippen LogP contribution in [0.5, 0.6) is 0 Å². The van der Waals surface area contributed by atoms with Gasteiger partial charge in [0.05, 0.1) is 0 Å². The number of pyridine rings is 1. The van der Waals surface area contributed by atoms with Crippen molar-refractivity contribution in [2.24, 2.45) is 5.92 Å². The fourth-order valence-electron chi connectivity index (χ4n) is 3.79. The van der Waals surface area contributed by atoms with E-state index >= 15 is 0 Å². The predicted molar refractivity (Wildman–Crippen MR) is 97.8 cm³/mol. The van der Waals surface area contributed by atoms with Gasteiger partial charge in [0, 0.05) is 5.52 Å². The van der Waals surface area contributed by atoms with Gasteiger partial charge >= 0.3 is 6.03 Å². The van der Waals surface area contributed by atoms with E-state index in [-0.39, 0.29) is 5.56 Å². The number of aromatic nitrogens is 1. The molecule has 1 aliphatic carbocycles. The number of carbonyl (C=O) groups is 3. The van der Waals surface area contributed by atoms with Gasteiger partial charge in [-0.05, 0) is 49.1 Å². The summed E-state index contributed by atoms with van der Waals surface area (Å²) in [5.41, 5.74) is 1.20. The normalized spacial score (nSPS) is 25.1. The molecule has 1 aromatic heterocycles. The Morgan fingerprint density at radius 1 is 1.19 bits per heavy atom. The quantitative estimate of drug-likeness (QED) is 0.700. The predicted octanol–water partition coefficient (Wildman–Crippen LogP) is 1.67. The third-order valence-electron chi connectivity index (χ3n) is 5.50. The van der Waals surface area contributed by atoms with Crippen LogP contribution in [-0.4, -0.2) is 33.4 Å². The third kappa shape index (κ3) is 2.87. The van der Waals surface area contributed by atoms with Crippen molar-refractivity contribution >= 4 is 28.7 Å². The Morgan fingerprint density at radius 2 is 1.89 bits per heavy atom. The number of rotatable bonds is 2. The van der Waals surface area contributed by atoms with Gasteiger partial charge in [-0.25, -0.2) is 4.79 Å². The van der Waals surface area contributed by atoms with Crippen LogP contribution in [0, 0.1) is 5.92 Å². The molecule has 2 fully saturated rings. The van der Waals surface area contributed by atoms with E-state index in [1.54, 1.807) is 24.3 Å². The van der Waals surface area contributed by atoms with Gasteiger partial charge in [-0.2, -0.15) is 5.01 Å². The maximum absolute atomic E-state index is 12.8. The molecule has 1 aromatic carbocycles.